The highest BCUT2D eigenvalue weighted by atomic mass is 35.5. The molecular formula is C18H17Cl2N2OS+. The summed E-state index contributed by atoms with van der Waals surface area (Å²) in [6.45, 7) is 1.32. The van der Waals surface area contributed by atoms with Crippen molar-refractivity contribution in [3.63, 3.8) is 0 Å². The Morgan fingerprint density at radius 1 is 1.00 bits per heavy atom. The quantitative estimate of drug-likeness (QED) is 0.793. The van der Waals surface area contributed by atoms with E-state index in [1.54, 1.807) is 11.8 Å². The summed E-state index contributed by atoms with van der Waals surface area (Å²) >= 11 is 13.8. The van der Waals surface area contributed by atoms with E-state index >= 15 is 0 Å². The molecule has 0 bridgehead atoms. The van der Waals surface area contributed by atoms with Gasteiger partial charge in [-0.1, -0.05) is 35.3 Å². The highest BCUT2D eigenvalue weighted by molar-refractivity contribution is 8.13. The first-order valence-corrected chi connectivity index (χ1v) is 9.61. The fourth-order valence-corrected chi connectivity index (χ4v) is 4.72. The van der Waals surface area contributed by atoms with Gasteiger partial charge in [0.1, 0.15) is 5.69 Å². The van der Waals surface area contributed by atoms with E-state index in [0.717, 1.165) is 35.1 Å². The molecule has 2 heterocycles. The molecule has 2 aliphatic heterocycles. The van der Waals surface area contributed by atoms with Crippen LogP contribution in [0.5, 0.6) is 0 Å². The summed E-state index contributed by atoms with van der Waals surface area (Å²) in [6.07, 6.45) is 1.05. The largest absolute Gasteiger partial charge is 0.346 e. The summed E-state index contributed by atoms with van der Waals surface area (Å²) in [6, 6.07) is 15.2. The molecular weight excluding hydrogens is 363 g/mol. The third kappa shape index (κ3) is 2.72. The Morgan fingerprint density at radius 3 is 2.29 bits per heavy atom. The molecule has 0 aromatic heterocycles. The van der Waals surface area contributed by atoms with Crippen LogP contribution in [0.3, 0.4) is 0 Å². The van der Waals surface area contributed by atoms with Gasteiger partial charge in [-0.05, 0) is 54.6 Å². The molecule has 2 aromatic carbocycles. The van der Waals surface area contributed by atoms with Crippen LogP contribution in [-0.4, -0.2) is 33.7 Å². The molecule has 0 aliphatic carbocycles. The van der Waals surface area contributed by atoms with Crippen LogP contribution in [-0.2, 0) is 5.72 Å². The van der Waals surface area contributed by atoms with Crippen molar-refractivity contribution in [2.75, 3.05) is 23.7 Å². The van der Waals surface area contributed by atoms with Crippen molar-refractivity contribution < 1.29 is 9.68 Å². The fraction of sp³-hybridized carbons (Fsp3) is 0.278. The van der Waals surface area contributed by atoms with Crippen LogP contribution in [0.1, 0.15) is 12.0 Å². The van der Waals surface area contributed by atoms with Crippen molar-refractivity contribution in [2.24, 2.45) is 0 Å². The maximum absolute atomic E-state index is 11.5. The van der Waals surface area contributed by atoms with E-state index in [2.05, 4.69) is 9.48 Å². The van der Waals surface area contributed by atoms with Gasteiger partial charge < -0.3 is 5.11 Å². The number of hydrogen-bond donors (Lipinski definition) is 1. The zero-order chi connectivity index (χ0) is 16.7. The number of hydrogen-bond acceptors (Lipinski definition) is 3. The van der Waals surface area contributed by atoms with Gasteiger partial charge in [0, 0.05) is 21.4 Å². The van der Waals surface area contributed by atoms with Gasteiger partial charge >= 0.3 is 5.17 Å². The predicted octanol–water partition coefficient (Wildman–Crippen LogP) is 4.16. The average Bonchev–Trinajstić information content (AvgIpc) is 2.91. The minimum atomic E-state index is -1.05. The molecule has 124 valence electrons. The summed E-state index contributed by atoms with van der Waals surface area (Å²) in [5.41, 5.74) is 0.856. The number of amidine groups is 1. The topological polar surface area (TPSA) is 26.5 Å². The Labute approximate surface area is 155 Å². The SMILES string of the molecule is O[C@]1(c2ccc(Cl)cc2)CN(c2ccc(Cl)cc2)C2=[N+]1CCCS2. The lowest BCUT2D eigenvalue weighted by molar-refractivity contribution is -0.656. The van der Waals surface area contributed by atoms with Crippen LogP contribution in [0.4, 0.5) is 5.69 Å². The van der Waals surface area contributed by atoms with Crippen molar-refractivity contribution in [2.45, 2.75) is 12.1 Å². The van der Waals surface area contributed by atoms with E-state index in [4.69, 9.17) is 23.2 Å². The van der Waals surface area contributed by atoms with Crippen LogP contribution in [0, 0.1) is 0 Å². The summed E-state index contributed by atoms with van der Waals surface area (Å²) in [5.74, 6) is 1.06. The van der Waals surface area contributed by atoms with Gasteiger partial charge in [-0.25, -0.2) is 9.48 Å². The van der Waals surface area contributed by atoms with Crippen LogP contribution in [0.15, 0.2) is 48.5 Å². The van der Waals surface area contributed by atoms with Gasteiger partial charge in [0.25, 0.3) is 5.72 Å². The first-order valence-electron chi connectivity index (χ1n) is 7.87. The van der Waals surface area contributed by atoms with Gasteiger partial charge in [-0.3, -0.25) is 0 Å². The molecule has 0 spiro atoms. The molecule has 0 amide bonds. The molecule has 4 rings (SSSR count). The third-order valence-corrected chi connectivity index (χ3v) is 6.18. The van der Waals surface area contributed by atoms with Crippen molar-refractivity contribution in [3.05, 3.63) is 64.1 Å². The summed E-state index contributed by atoms with van der Waals surface area (Å²) in [5, 5.41) is 14.0. The minimum absolute atomic E-state index is 0.485. The molecule has 6 heteroatoms. The Balaban J connectivity index is 1.78. The average molecular weight is 380 g/mol. The molecule has 0 radical (unpaired) electrons. The van der Waals surface area contributed by atoms with E-state index < -0.39 is 5.72 Å². The summed E-state index contributed by atoms with van der Waals surface area (Å²) in [7, 11) is 0. The Morgan fingerprint density at radius 2 is 1.62 bits per heavy atom. The molecule has 0 saturated carbocycles. The van der Waals surface area contributed by atoms with Crippen LogP contribution in [0.25, 0.3) is 0 Å². The molecule has 0 saturated heterocycles. The second kappa shape index (κ2) is 6.26. The standard InChI is InChI=1S/C18H17Cl2N2OS/c19-14-4-2-13(3-5-14)18(23)12-21(16-8-6-15(20)7-9-16)17-22(18)10-1-11-24-17/h2-9,23H,1,10-12H2/q+1/t18-/m0/s1. The predicted molar refractivity (Wildman–Crippen MR) is 101 cm³/mol. The Kier molecular flexibility index (Phi) is 4.25. The number of benzene rings is 2. The summed E-state index contributed by atoms with van der Waals surface area (Å²) in [4.78, 5) is 2.18. The van der Waals surface area contributed by atoms with Gasteiger partial charge in [0.05, 0.1) is 6.54 Å². The third-order valence-electron chi connectivity index (χ3n) is 4.49. The zero-order valence-corrected chi connectivity index (χ0v) is 15.3. The van der Waals surface area contributed by atoms with Crippen LogP contribution in [0.2, 0.25) is 10.0 Å². The fourth-order valence-electron chi connectivity index (χ4n) is 3.29. The zero-order valence-electron chi connectivity index (χ0n) is 13.0. The maximum Gasteiger partial charge on any atom is 0.316 e. The van der Waals surface area contributed by atoms with E-state index in [9.17, 15) is 5.11 Å². The highest BCUT2D eigenvalue weighted by Gasteiger charge is 2.53. The van der Waals surface area contributed by atoms with Gasteiger partial charge in [-0.2, -0.15) is 0 Å². The molecule has 0 unspecified atom stereocenters. The molecule has 2 aromatic rings. The molecule has 0 fully saturated rings. The Bertz CT molecular complexity index is 792. The normalized spacial score (nSPS) is 23.5. The van der Waals surface area contributed by atoms with Crippen LogP contribution >= 0.6 is 35.0 Å². The van der Waals surface area contributed by atoms with E-state index in [1.165, 1.54) is 0 Å². The monoisotopic (exact) mass is 379 g/mol. The number of anilines is 1. The molecule has 1 N–H and O–H groups in total. The number of nitrogens with zero attached hydrogens (tertiary/aromatic N) is 2. The maximum atomic E-state index is 11.5. The highest BCUT2D eigenvalue weighted by Crippen LogP contribution is 2.38. The minimum Gasteiger partial charge on any atom is -0.346 e. The van der Waals surface area contributed by atoms with Crippen LogP contribution < -0.4 is 4.90 Å². The van der Waals surface area contributed by atoms with E-state index in [-0.39, 0.29) is 0 Å². The van der Waals surface area contributed by atoms with E-state index in [1.807, 2.05) is 48.5 Å². The summed E-state index contributed by atoms with van der Waals surface area (Å²) < 4.78 is 2.11. The van der Waals surface area contributed by atoms with Crippen molar-refractivity contribution in [3.8, 4) is 0 Å². The molecule has 2 aliphatic rings. The number of aliphatic hydroxyl groups is 1. The lowest BCUT2D eigenvalue weighted by Crippen LogP contribution is -2.41. The van der Waals surface area contributed by atoms with Crippen molar-refractivity contribution in [1.82, 2.24) is 0 Å². The lowest BCUT2D eigenvalue weighted by Gasteiger charge is -2.24. The van der Waals surface area contributed by atoms with E-state index in [0.29, 0.717) is 16.6 Å². The van der Waals surface area contributed by atoms with Gasteiger partial charge in [-0.15, -0.1) is 0 Å². The molecule has 24 heavy (non-hydrogen) atoms. The molecule has 3 nitrogen and oxygen atoms in total. The lowest BCUT2D eigenvalue weighted by atomic mass is 10.0. The first kappa shape index (κ1) is 16.3. The first-order chi connectivity index (χ1) is 11.6. The van der Waals surface area contributed by atoms with Gasteiger partial charge in [0.2, 0.25) is 0 Å². The Hall–Kier alpha value is -1.20. The molecule has 1 atom stereocenters. The number of thioether (sulfide) groups is 1. The van der Waals surface area contributed by atoms with Crippen molar-refractivity contribution >= 4 is 45.8 Å². The number of β-amino-alcohol motifs (C(OH)–C–C–N with tert-alkyl or cyclic N) is 1. The second-order valence-electron chi connectivity index (χ2n) is 6.02. The number of halogens is 2. The second-order valence-corrected chi connectivity index (χ2v) is 7.96. The number of rotatable bonds is 2. The van der Waals surface area contributed by atoms with Crippen molar-refractivity contribution in [1.29, 1.82) is 0 Å². The smallest absolute Gasteiger partial charge is 0.316 e. The van der Waals surface area contributed by atoms with Gasteiger partial charge in [0.15, 0.2) is 6.54 Å².